The fourth-order valence-corrected chi connectivity index (χ4v) is 8.01. The first-order valence-corrected chi connectivity index (χ1v) is 13.5. The van der Waals surface area contributed by atoms with Gasteiger partial charge in [0.05, 0.1) is 6.10 Å². The molecule has 3 aliphatic carbocycles. The zero-order chi connectivity index (χ0) is 25.5. The minimum Gasteiger partial charge on any atom is -0.396 e. The Labute approximate surface area is 208 Å². The zero-order valence-corrected chi connectivity index (χ0v) is 22.7. The maximum absolute atomic E-state index is 11.5. The van der Waals surface area contributed by atoms with Crippen molar-refractivity contribution in [3.05, 3.63) is 47.6 Å². The Kier molecular flexibility index (Phi) is 8.12. The third kappa shape index (κ3) is 4.31. The van der Waals surface area contributed by atoms with Gasteiger partial charge in [-0.15, -0.1) is 0 Å². The molecule has 1 saturated carbocycles. The number of hydrogen-bond donors (Lipinski definition) is 3. The zero-order valence-electron chi connectivity index (χ0n) is 22.7. The molecule has 0 aromatic heterocycles. The van der Waals surface area contributed by atoms with E-state index in [4.69, 9.17) is 0 Å². The molecular weight excluding hydrogens is 420 g/mol. The highest BCUT2D eigenvalue weighted by atomic mass is 16.3. The quantitative estimate of drug-likeness (QED) is 0.315. The highest BCUT2D eigenvalue weighted by Crippen LogP contribution is 2.70. The van der Waals surface area contributed by atoms with Crippen molar-refractivity contribution in [3.8, 4) is 0 Å². The van der Waals surface area contributed by atoms with E-state index in [1.165, 1.54) is 22.3 Å². The molecule has 3 aliphatic rings. The van der Waals surface area contributed by atoms with E-state index < -0.39 is 6.10 Å². The van der Waals surface area contributed by atoms with Crippen LogP contribution in [0.15, 0.2) is 47.6 Å². The fourth-order valence-electron chi connectivity index (χ4n) is 8.01. The van der Waals surface area contributed by atoms with Crippen LogP contribution in [0, 0.1) is 39.9 Å². The number of aliphatic hydroxyl groups is 3. The Balaban J connectivity index is 2.00. The third-order valence-corrected chi connectivity index (χ3v) is 10.4. The molecule has 0 amide bonds. The fraction of sp³-hybridized carbons (Fsp3) is 0.742. The van der Waals surface area contributed by atoms with Crippen LogP contribution in [0.4, 0.5) is 0 Å². The first kappa shape index (κ1) is 27.4. The summed E-state index contributed by atoms with van der Waals surface area (Å²) in [4.78, 5) is 0. The average Bonchev–Trinajstić information content (AvgIpc) is 2.98. The molecule has 3 heteroatoms. The molecule has 0 radical (unpaired) electrons. The van der Waals surface area contributed by atoms with Gasteiger partial charge in [-0.05, 0) is 97.5 Å². The maximum Gasteiger partial charge on any atom is 0.0586 e. The molecule has 34 heavy (non-hydrogen) atoms. The van der Waals surface area contributed by atoms with Crippen LogP contribution in [0.25, 0.3) is 0 Å². The molecule has 1 unspecified atom stereocenters. The van der Waals surface area contributed by atoms with Crippen molar-refractivity contribution in [2.75, 3.05) is 13.2 Å². The van der Waals surface area contributed by atoms with Gasteiger partial charge in [-0.3, -0.25) is 0 Å². The summed E-state index contributed by atoms with van der Waals surface area (Å²) in [5.74, 6) is 0.944. The summed E-state index contributed by atoms with van der Waals surface area (Å²) in [5, 5.41) is 31.6. The number of hydrogen-bond acceptors (Lipinski definition) is 3. The largest absolute Gasteiger partial charge is 0.396 e. The monoisotopic (exact) mass is 470 g/mol. The number of rotatable bonds is 10. The van der Waals surface area contributed by atoms with Gasteiger partial charge in [-0.2, -0.15) is 0 Å². The first-order valence-electron chi connectivity index (χ1n) is 13.5. The van der Waals surface area contributed by atoms with E-state index in [1.54, 1.807) is 0 Å². The molecule has 3 nitrogen and oxygen atoms in total. The number of aliphatic hydroxyl groups excluding tert-OH is 3. The number of fused-ring (bicyclic) bond motifs is 3. The van der Waals surface area contributed by atoms with Gasteiger partial charge in [0, 0.05) is 18.6 Å². The van der Waals surface area contributed by atoms with Crippen LogP contribution in [-0.2, 0) is 0 Å². The van der Waals surface area contributed by atoms with Crippen LogP contribution in [0.3, 0.4) is 0 Å². The molecule has 0 saturated heterocycles. The molecule has 3 rings (SSSR count). The SMILES string of the molecule is C=C(CCC(CO)[C@H]1[C@H](O)C[C@@]2(C)C3=CC[C@@H](C(=C)C)[C@](C)(CCCO)C3=CC[C@]12C)C(C)C. The lowest BCUT2D eigenvalue weighted by atomic mass is 9.48. The molecule has 3 N–H and O–H groups in total. The van der Waals surface area contributed by atoms with E-state index in [9.17, 15) is 15.3 Å². The van der Waals surface area contributed by atoms with Gasteiger partial charge in [0.1, 0.15) is 0 Å². The highest BCUT2D eigenvalue weighted by Gasteiger charge is 2.64. The Morgan fingerprint density at radius 1 is 1.12 bits per heavy atom. The molecular formula is C31H50O3. The van der Waals surface area contributed by atoms with Gasteiger partial charge < -0.3 is 15.3 Å². The van der Waals surface area contributed by atoms with Gasteiger partial charge in [0.2, 0.25) is 0 Å². The van der Waals surface area contributed by atoms with Crippen molar-refractivity contribution in [1.29, 1.82) is 0 Å². The smallest absolute Gasteiger partial charge is 0.0586 e. The van der Waals surface area contributed by atoms with E-state index in [2.05, 4.69) is 66.9 Å². The normalized spacial score (nSPS) is 38.1. The molecule has 192 valence electrons. The summed E-state index contributed by atoms with van der Waals surface area (Å²) in [6.45, 7) is 22.5. The lowest BCUT2D eigenvalue weighted by Gasteiger charge is -2.56. The van der Waals surface area contributed by atoms with Crippen LogP contribution in [0.5, 0.6) is 0 Å². The summed E-state index contributed by atoms with van der Waals surface area (Å²) in [7, 11) is 0. The van der Waals surface area contributed by atoms with Crippen LogP contribution < -0.4 is 0 Å². The Hall–Kier alpha value is -1.16. The van der Waals surface area contributed by atoms with Crippen LogP contribution in [0.1, 0.15) is 86.5 Å². The number of allylic oxidation sites excluding steroid dienone is 6. The molecule has 0 aliphatic heterocycles. The average molecular weight is 471 g/mol. The van der Waals surface area contributed by atoms with Crippen molar-refractivity contribution >= 4 is 0 Å². The maximum atomic E-state index is 11.5. The van der Waals surface area contributed by atoms with Crippen LogP contribution in [0.2, 0.25) is 0 Å². The second-order valence-electron chi connectivity index (χ2n) is 12.7. The van der Waals surface area contributed by atoms with Gasteiger partial charge in [0.15, 0.2) is 0 Å². The van der Waals surface area contributed by atoms with Crippen molar-refractivity contribution < 1.29 is 15.3 Å². The Morgan fingerprint density at radius 2 is 1.79 bits per heavy atom. The minimum atomic E-state index is -0.421. The van der Waals surface area contributed by atoms with E-state index in [0.29, 0.717) is 11.8 Å². The van der Waals surface area contributed by atoms with Crippen LogP contribution in [-0.4, -0.2) is 34.6 Å². The van der Waals surface area contributed by atoms with Crippen LogP contribution >= 0.6 is 0 Å². The molecule has 1 fully saturated rings. The van der Waals surface area contributed by atoms with E-state index in [-0.39, 0.29) is 41.3 Å². The van der Waals surface area contributed by atoms with E-state index in [1.807, 2.05) is 0 Å². The lowest BCUT2D eigenvalue weighted by Crippen LogP contribution is -2.48. The van der Waals surface area contributed by atoms with Gasteiger partial charge in [-0.25, -0.2) is 0 Å². The molecule has 0 bridgehead atoms. The Morgan fingerprint density at radius 3 is 2.35 bits per heavy atom. The predicted molar refractivity (Wildman–Crippen MR) is 142 cm³/mol. The predicted octanol–water partition coefficient (Wildman–Crippen LogP) is 6.61. The first-order chi connectivity index (χ1) is 15.9. The van der Waals surface area contributed by atoms with Crippen molar-refractivity contribution in [1.82, 2.24) is 0 Å². The lowest BCUT2D eigenvalue weighted by molar-refractivity contribution is -0.00544. The van der Waals surface area contributed by atoms with Crippen molar-refractivity contribution in [2.45, 2.75) is 92.6 Å². The van der Waals surface area contributed by atoms with E-state index >= 15 is 0 Å². The second-order valence-corrected chi connectivity index (χ2v) is 12.7. The summed E-state index contributed by atoms with van der Waals surface area (Å²) >= 11 is 0. The van der Waals surface area contributed by atoms with Gasteiger partial charge in [0.25, 0.3) is 0 Å². The molecule has 0 heterocycles. The summed E-state index contributed by atoms with van der Waals surface area (Å²) < 4.78 is 0. The summed E-state index contributed by atoms with van der Waals surface area (Å²) in [5.41, 5.74) is 4.98. The standard InChI is InChI=1S/C31H50O3/c1-20(2)22(5)10-11-23(19-33)28-27(34)18-31(8)26-13-12-24(21(3)4)29(6,15-9-17-32)25(26)14-16-30(28,31)7/h13-14,20,23-24,27-28,32-34H,3,5,9-12,15-19H2,1-2,4,6-8H3/t23?,24-,27+,28-,29-,30+,31-/m0/s1. The van der Waals surface area contributed by atoms with Gasteiger partial charge in [-0.1, -0.05) is 71.1 Å². The molecule has 7 atom stereocenters. The molecule has 0 aromatic rings. The third-order valence-electron chi connectivity index (χ3n) is 10.4. The topological polar surface area (TPSA) is 60.7 Å². The van der Waals surface area contributed by atoms with Gasteiger partial charge >= 0.3 is 0 Å². The Bertz CT molecular complexity index is 851. The molecule has 0 aromatic carbocycles. The molecule has 0 spiro atoms. The van der Waals surface area contributed by atoms with E-state index in [0.717, 1.165) is 44.9 Å². The summed E-state index contributed by atoms with van der Waals surface area (Å²) in [6, 6.07) is 0. The minimum absolute atomic E-state index is 0.0442. The second kappa shape index (κ2) is 10.1. The van der Waals surface area contributed by atoms with Crippen molar-refractivity contribution in [2.24, 2.45) is 39.9 Å². The van der Waals surface area contributed by atoms with Crippen molar-refractivity contribution in [3.63, 3.8) is 0 Å². The summed E-state index contributed by atoms with van der Waals surface area (Å²) in [6.07, 6.45) is 10.6. The highest BCUT2D eigenvalue weighted by molar-refractivity contribution is 5.50.